The van der Waals surface area contributed by atoms with Crippen LogP contribution in [0.2, 0.25) is 0 Å². The highest BCUT2D eigenvalue weighted by atomic mass is 32.2. The molecule has 1 heterocycles. The number of anilines is 1. The zero-order valence-corrected chi connectivity index (χ0v) is 15.8. The van der Waals surface area contributed by atoms with E-state index in [1.807, 2.05) is 36.4 Å². The molecule has 0 unspecified atom stereocenters. The first kappa shape index (κ1) is 18.8. The summed E-state index contributed by atoms with van der Waals surface area (Å²) < 4.78 is 5.86. The van der Waals surface area contributed by atoms with Crippen molar-refractivity contribution in [3.05, 3.63) is 78.0 Å². The van der Waals surface area contributed by atoms with Crippen LogP contribution >= 0.6 is 11.8 Å². The fourth-order valence-corrected chi connectivity index (χ4v) is 3.13. The number of nitrogens with two attached hydrogens (primary N) is 1. The molecule has 5 nitrogen and oxygen atoms in total. The summed E-state index contributed by atoms with van der Waals surface area (Å²) in [6.45, 7) is 2.53. The lowest BCUT2D eigenvalue weighted by Gasteiger charge is -2.09. The smallest absolute Gasteiger partial charge is 0.255 e. The van der Waals surface area contributed by atoms with Gasteiger partial charge < -0.3 is 15.8 Å². The van der Waals surface area contributed by atoms with Gasteiger partial charge in [0, 0.05) is 17.6 Å². The maximum atomic E-state index is 12.2. The van der Waals surface area contributed by atoms with Crippen molar-refractivity contribution >= 4 is 23.5 Å². The third kappa shape index (κ3) is 5.24. The van der Waals surface area contributed by atoms with Gasteiger partial charge in [0.2, 0.25) is 0 Å². The summed E-state index contributed by atoms with van der Waals surface area (Å²) in [4.78, 5) is 17.3. The molecule has 0 radical (unpaired) electrons. The zero-order valence-electron chi connectivity index (χ0n) is 15.0. The minimum atomic E-state index is -0.244. The molecule has 0 aliphatic heterocycles. The van der Waals surface area contributed by atoms with Gasteiger partial charge in [-0.05, 0) is 59.8 Å². The first-order valence-corrected chi connectivity index (χ1v) is 9.62. The predicted molar refractivity (Wildman–Crippen MR) is 109 cm³/mol. The summed E-state index contributed by atoms with van der Waals surface area (Å²) in [6, 6.07) is 19.0. The van der Waals surface area contributed by atoms with Gasteiger partial charge in [0.15, 0.2) is 0 Å². The highest BCUT2D eigenvalue weighted by molar-refractivity contribution is 7.99. The van der Waals surface area contributed by atoms with Crippen LogP contribution in [0, 0.1) is 0 Å². The van der Waals surface area contributed by atoms with E-state index in [0.29, 0.717) is 12.1 Å². The molecule has 0 saturated carbocycles. The molecule has 0 saturated heterocycles. The van der Waals surface area contributed by atoms with Gasteiger partial charge in [-0.25, -0.2) is 4.98 Å². The van der Waals surface area contributed by atoms with E-state index >= 15 is 0 Å². The fraction of sp³-hybridized carbons (Fsp3) is 0.143. The maximum absolute atomic E-state index is 12.2. The van der Waals surface area contributed by atoms with Crippen LogP contribution in [0.4, 0.5) is 5.82 Å². The van der Waals surface area contributed by atoms with Gasteiger partial charge in [-0.2, -0.15) is 0 Å². The third-order valence-electron chi connectivity index (χ3n) is 3.83. The number of thioether (sulfide) groups is 1. The fourth-order valence-electron chi connectivity index (χ4n) is 2.47. The summed E-state index contributed by atoms with van der Waals surface area (Å²) in [5.74, 6) is 2.57. The molecule has 138 valence electrons. The molecule has 0 atom stereocenters. The largest absolute Gasteiger partial charge is 0.457 e. The van der Waals surface area contributed by atoms with Gasteiger partial charge in [0.05, 0.1) is 5.56 Å². The van der Waals surface area contributed by atoms with Crippen molar-refractivity contribution in [2.45, 2.75) is 18.4 Å². The van der Waals surface area contributed by atoms with Crippen molar-refractivity contribution in [2.75, 3.05) is 11.5 Å². The number of benzene rings is 2. The summed E-state index contributed by atoms with van der Waals surface area (Å²) in [5, 5.41) is 2.84. The number of rotatable bonds is 7. The predicted octanol–water partition coefficient (Wildman–Crippen LogP) is 4.50. The lowest BCUT2D eigenvalue weighted by Crippen LogP contribution is -2.24. The second-order valence-electron chi connectivity index (χ2n) is 5.77. The van der Waals surface area contributed by atoms with Gasteiger partial charge >= 0.3 is 0 Å². The lowest BCUT2D eigenvalue weighted by molar-refractivity contribution is 0.0951. The lowest BCUT2D eigenvalue weighted by atomic mass is 10.2. The number of pyridine rings is 1. The average Bonchev–Trinajstić information content (AvgIpc) is 2.69. The van der Waals surface area contributed by atoms with Gasteiger partial charge in [-0.1, -0.05) is 19.1 Å². The normalized spacial score (nSPS) is 10.4. The molecule has 3 rings (SSSR count). The minimum Gasteiger partial charge on any atom is -0.457 e. The van der Waals surface area contributed by atoms with Crippen LogP contribution in [0.25, 0.3) is 0 Å². The number of aromatic nitrogens is 1. The monoisotopic (exact) mass is 379 g/mol. The first-order valence-electron chi connectivity index (χ1n) is 8.64. The SMILES string of the molecule is CCSc1ccc(Oc2ccc(CNC(=O)c3cccnc3N)cc2)cc1. The van der Waals surface area contributed by atoms with Crippen molar-refractivity contribution in [1.29, 1.82) is 0 Å². The molecule has 6 heteroatoms. The number of hydrogen-bond acceptors (Lipinski definition) is 5. The first-order chi connectivity index (χ1) is 13.2. The van der Waals surface area contributed by atoms with E-state index < -0.39 is 0 Å². The molecule has 3 aromatic rings. The van der Waals surface area contributed by atoms with Gasteiger partial charge in [0.1, 0.15) is 17.3 Å². The zero-order chi connectivity index (χ0) is 19.1. The van der Waals surface area contributed by atoms with Crippen LogP contribution in [-0.4, -0.2) is 16.6 Å². The van der Waals surface area contributed by atoms with Gasteiger partial charge in [0.25, 0.3) is 5.91 Å². The second-order valence-corrected chi connectivity index (χ2v) is 7.11. The number of nitrogens with zero attached hydrogens (tertiary/aromatic N) is 1. The number of carbonyl (C=O) groups is 1. The van der Waals surface area contributed by atoms with Crippen LogP contribution < -0.4 is 15.8 Å². The van der Waals surface area contributed by atoms with Crippen molar-refractivity contribution in [2.24, 2.45) is 0 Å². The van der Waals surface area contributed by atoms with Gasteiger partial charge in [-0.15, -0.1) is 11.8 Å². The van der Waals surface area contributed by atoms with E-state index in [0.717, 1.165) is 22.8 Å². The molecule has 1 amide bonds. The standard InChI is InChI=1S/C21H21N3O2S/c1-2-27-18-11-9-17(10-12-18)26-16-7-5-15(6-8-16)14-24-21(25)19-4-3-13-23-20(19)22/h3-13H,2,14H2,1H3,(H2,22,23)(H,24,25). The molecule has 3 N–H and O–H groups in total. The van der Waals surface area contributed by atoms with E-state index in [9.17, 15) is 4.79 Å². The second kappa shape index (κ2) is 9.09. The minimum absolute atomic E-state index is 0.224. The van der Waals surface area contributed by atoms with E-state index in [-0.39, 0.29) is 11.7 Å². The Morgan fingerprint density at radius 3 is 2.37 bits per heavy atom. The van der Waals surface area contributed by atoms with E-state index in [4.69, 9.17) is 10.5 Å². The summed E-state index contributed by atoms with van der Waals surface area (Å²) in [5.41, 5.74) is 7.06. The maximum Gasteiger partial charge on any atom is 0.255 e. The highest BCUT2D eigenvalue weighted by Gasteiger charge is 2.09. The van der Waals surface area contributed by atoms with Gasteiger partial charge in [-0.3, -0.25) is 4.79 Å². The summed E-state index contributed by atoms with van der Waals surface area (Å²) in [7, 11) is 0. The Morgan fingerprint density at radius 1 is 1.07 bits per heavy atom. The average molecular weight is 379 g/mol. The van der Waals surface area contributed by atoms with Crippen LogP contribution in [0.1, 0.15) is 22.8 Å². The number of nitrogens with one attached hydrogen (secondary N) is 1. The number of amides is 1. The number of hydrogen-bond donors (Lipinski definition) is 2. The van der Waals surface area contributed by atoms with Crippen molar-refractivity contribution in [3.63, 3.8) is 0 Å². The molecule has 0 aliphatic carbocycles. The molecular formula is C21H21N3O2S. The Bertz CT molecular complexity index is 896. The Morgan fingerprint density at radius 2 is 1.74 bits per heavy atom. The van der Waals surface area contributed by atoms with Crippen LogP contribution in [-0.2, 0) is 6.54 Å². The Balaban J connectivity index is 1.55. The van der Waals surface area contributed by atoms with E-state index in [1.54, 1.807) is 30.1 Å². The Labute approximate surface area is 163 Å². The molecule has 27 heavy (non-hydrogen) atoms. The van der Waals surface area contributed by atoms with Crippen LogP contribution in [0.3, 0.4) is 0 Å². The van der Waals surface area contributed by atoms with Crippen molar-refractivity contribution in [1.82, 2.24) is 10.3 Å². The number of nitrogen functional groups attached to an aromatic ring is 1. The van der Waals surface area contributed by atoms with Crippen molar-refractivity contribution in [3.8, 4) is 11.5 Å². The molecule has 0 bridgehead atoms. The molecule has 0 spiro atoms. The van der Waals surface area contributed by atoms with Crippen LogP contribution in [0.5, 0.6) is 11.5 Å². The highest BCUT2D eigenvalue weighted by Crippen LogP contribution is 2.25. The van der Waals surface area contributed by atoms with E-state index in [1.165, 1.54) is 4.90 Å². The van der Waals surface area contributed by atoms with E-state index in [2.05, 4.69) is 29.4 Å². The molecular weight excluding hydrogens is 358 g/mol. The topological polar surface area (TPSA) is 77.2 Å². The molecule has 0 aliphatic rings. The van der Waals surface area contributed by atoms with Crippen molar-refractivity contribution < 1.29 is 9.53 Å². The Kier molecular flexibility index (Phi) is 6.33. The molecule has 2 aromatic carbocycles. The quantitative estimate of drug-likeness (QED) is 0.591. The summed E-state index contributed by atoms with van der Waals surface area (Å²) in [6.07, 6.45) is 1.56. The molecule has 0 fully saturated rings. The number of ether oxygens (including phenoxy) is 1. The number of carbonyl (C=O) groups excluding carboxylic acids is 1. The third-order valence-corrected chi connectivity index (χ3v) is 4.72. The Hall–Kier alpha value is -2.99. The van der Waals surface area contributed by atoms with Crippen LogP contribution in [0.15, 0.2) is 71.8 Å². The summed E-state index contributed by atoms with van der Waals surface area (Å²) >= 11 is 1.80. The molecule has 1 aromatic heterocycles.